The van der Waals surface area contributed by atoms with Crippen molar-refractivity contribution in [2.45, 2.75) is 25.7 Å². The Bertz CT molecular complexity index is 645. The fourth-order valence-corrected chi connectivity index (χ4v) is 5.37. The minimum absolute atomic E-state index is 0.316. The summed E-state index contributed by atoms with van der Waals surface area (Å²) in [7, 11) is -4.42. The molecule has 118 valence electrons. The van der Waals surface area contributed by atoms with Crippen molar-refractivity contribution in [1.82, 2.24) is 4.31 Å². The van der Waals surface area contributed by atoms with Crippen molar-refractivity contribution in [2.24, 2.45) is 0 Å². The summed E-state index contributed by atoms with van der Waals surface area (Å²) in [6.45, 7) is 6.70. The van der Waals surface area contributed by atoms with Gasteiger partial charge in [0.25, 0.3) is 0 Å². The molecule has 0 unspecified atom stereocenters. The smallest absolute Gasteiger partial charge is 0.243 e. The molecule has 0 radical (unpaired) electrons. The highest BCUT2D eigenvalue weighted by molar-refractivity contribution is 7.89. The zero-order valence-corrected chi connectivity index (χ0v) is 14.2. The van der Waals surface area contributed by atoms with Crippen molar-refractivity contribution >= 4 is 20.8 Å². The molecule has 1 aromatic rings. The van der Waals surface area contributed by atoms with E-state index >= 15 is 0 Å². The van der Waals surface area contributed by atoms with E-state index in [1.54, 1.807) is 19.1 Å². The lowest BCUT2D eigenvalue weighted by Gasteiger charge is -2.26. The van der Waals surface area contributed by atoms with Gasteiger partial charge in [0.2, 0.25) is 10.0 Å². The first-order valence-electron chi connectivity index (χ1n) is 6.95. The maximum Gasteiger partial charge on any atom is 0.243 e. The average Bonchev–Trinajstić information content (AvgIpc) is 2.43. The minimum atomic E-state index is -3.53. The predicted molar refractivity (Wildman–Crippen MR) is 83.7 cm³/mol. The van der Waals surface area contributed by atoms with Crippen molar-refractivity contribution in [2.75, 3.05) is 31.2 Å². The number of hydrogen-bond acceptors (Lipinski definition) is 4. The van der Waals surface area contributed by atoms with E-state index in [9.17, 15) is 12.6 Å². The molecule has 1 aliphatic rings. The van der Waals surface area contributed by atoms with Crippen molar-refractivity contribution in [3.63, 3.8) is 0 Å². The van der Waals surface area contributed by atoms with Crippen LogP contribution in [0.3, 0.4) is 0 Å². The van der Waals surface area contributed by atoms with Gasteiger partial charge in [-0.05, 0) is 44.0 Å². The molecule has 21 heavy (non-hydrogen) atoms. The maximum absolute atomic E-state index is 12.7. The number of ether oxygens (including phenoxy) is 1. The van der Waals surface area contributed by atoms with E-state index in [1.165, 1.54) is 4.31 Å². The fourth-order valence-electron chi connectivity index (χ4n) is 2.35. The van der Waals surface area contributed by atoms with Crippen LogP contribution in [0.5, 0.6) is 5.75 Å². The summed E-state index contributed by atoms with van der Waals surface area (Å²) in [6, 6.07) is 3.44. The summed E-state index contributed by atoms with van der Waals surface area (Å²) in [6.07, 6.45) is 0. The molecule has 7 heteroatoms. The lowest BCUT2D eigenvalue weighted by molar-refractivity contribution is 0.337. The van der Waals surface area contributed by atoms with Gasteiger partial charge < -0.3 is 4.74 Å². The molecule has 5 nitrogen and oxygen atoms in total. The van der Waals surface area contributed by atoms with E-state index in [-0.39, 0.29) is 0 Å². The molecule has 1 heterocycles. The first-order chi connectivity index (χ1) is 9.86. The largest absolute Gasteiger partial charge is 0.494 e. The Kier molecular flexibility index (Phi) is 5.06. The Balaban J connectivity index is 2.36. The Hall–Kier alpha value is -0.920. The van der Waals surface area contributed by atoms with Crippen LogP contribution in [-0.2, 0) is 20.8 Å². The normalized spacial score (nSPS) is 17.9. The van der Waals surface area contributed by atoms with Crippen LogP contribution in [0.2, 0.25) is 0 Å². The number of rotatable bonds is 4. The summed E-state index contributed by atoms with van der Waals surface area (Å²) in [5, 5.41) is 0. The first kappa shape index (κ1) is 16.5. The van der Waals surface area contributed by atoms with Crippen LogP contribution in [0.25, 0.3) is 0 Å². The molecule has 1 aromatic carbocycles. The molecular weight excluding hydrogens is 310 g/mol. The highest BCUT2D eigenvalue weighted by atomic mass is 32.2. The molecular formula is C14H21NO4S2. The van der Waals surface area contributed by atoms with Gasteiger partial charge >= 0.3 is 0 Å². The predicted octanol–water partition coefficient (Wildman–Crippen LogP) is 1.46. The second-order valence-corrected chi connectivity index (χ2v) is 8.67. The van der Waals surface area contributed by atoms with Crippen LogP contribution in [0.4, 0.5) is 0 Å². The summed E-state index contributed by atoms with van der Waals surface area (Å²) in [5.41, 5.74) is 1.48. The van der Waals surface area contributed by atoms with E-state index in [1.807, 2.05) is 13.8 Å². The molecule has 1 saturated heterocycles. The Morgan fingerprint density at radius 3 is 2.38 bits per heavy atom. The average molecular weight is 331 g/mol. The molecule has 0 N–H and O–H groups in total. The zero-order chi connectivity index (χ0) is 15.6. The van der Waals surface area contributed by atoms with Crippen molar-refractivity contribution in [3.8, 4) is 5.75 Å². The van der Waals surface area contributed by atoms with Crippen LogP contribution >= 0.6 is 0 Å². The molecule has 0 aromatic heterocycles. The fraction of sp³-hybridized carbons (Fsp3) is 0.571. The van der Waals surface area contributed by atoms with E-state index in [2.05, 4.69) is 0 Å². The molecule has 0 saturated carbocycles. The van der Waals surface area contributed by atoms with E-state index in [0.29, 0.717) is 47.4 Å². The van der Waals surface area contributed by atoms with Gasteiger partial charge in [0.1, 0.15) is 5.75 Å². The molecule has 0 bridgehead atoms. The van der Waals surface area contributed by atoms with Crippen LogP contribution in [-0.4, -0.2) is 48.1 Å². The lowest BCUT2D eigenvalue weighted by Crippen LogP contribution is -2.41. The lowest BCUT2D eigenvalue weighted by atomic mass is 10.1. The quantitative estimate of drug-likeness (QED) is 0.838. The molecule has 1 fully saturated rings. The van der Waals surface area contributed by atoms with Gasteiger partial charge in [-0.3, -0.25) is 4.21 Å². The zero-order valence-electron chi connectivity index (χ0n) is 12.6. The van der Waals surface area contributed by atoms with Gasteiger partial charge in [0, 0.05) is 35.4 Å². The summed E-state index contributed by atoms with van der Waals surface area (Å²) in [4.78, 5) is 0.316. The number of benzene rings is 1. The molecule has 0 atom stereocenters. The van der Waals surface area contributed by atoms with Gasteiger partial charge in [0.05, 0.1) is 11.5 Å². The SMILES string of the molecule is CCOc1cc(C)c(S(=O)(=O)N2CCS(=O)CC2)cc1C. The van der Waals surface area contributed by atoms with Crippen LogP contribution < -0.4 is 4.74 Å². The summed E-state index contributed by atoms with van der Waals surface area (Å²) >= 11 is 0. The Morgan fingerprint density at radius 2 is 1.81 bits per heavy atom. The number of aryl methyl sites for hydroxylation is 2. The maximum atomic E-state index is 12.7. The summed E-state index contributed by atoms with van der Waals surface area (Å²) < 4.78 is 43.8. The van der Waals surface area contributed by atoms with Crippen LogP contribution in [0.1, 0.15) is 18.1 Å². The summed E-state index contributed by atoms with van der Waals surface area (Å²) in [5.74, 6) is 1.54. The van der Waals surface area contributed by atoms with Gasteiger partial charge in [-0.2, -0.15) is 4.31 Å². The Labute approximate surface area is 128 Å². The highest BCUT2D eigenvalue weighted by Gasteiger charge is 2.29. The van der Waals surface area contributed by atoms with Gasteiger partial charge in [-0.25, -0.2) is 8.42 Å². The number of nitrogens with zero attached hydrogens (tertiary/aromatic N) is 1. The third-order valence-electron chi connectivity index (χ3n) is 3.53. The Morgan fingerprint density at radius 1 is 1.19 bits per heavy atom. The third-order valence-corrected chi connectivity index (χ3v) is 6.84. The number of sulfonamides is 1. The van der Waals surface area contributed by atoms with E-state index in [0.717, 1.165) is 5.56 Å². The third kappa shape index (κ3) is 3.46. The molecule has 2 rings (SSSR count). The van der Waals surface area contributed by atoms with Crippen LogP contribution in [0, 0.1) is 13.8 Å². The molecule has 0 amide bonds. The number of hydrogen-bond donors (Lipinski definition) is 0. The van der Waals surface area contributed by atoms with Gasteiger partial charge in [-0.1, -0.05) is 0 Å². The van der Waals surface area contributed by atoms with Crippen LogP contribution in [0.15, 0.2) is 17.0 Å². The minimum Gasteiger partial charge on any atom is -0.494 e. The second-order valence-electron chi connectivity index (χ2n) is 5.07. The molecule has 0 aliphatic carbocycles. The van der Waals surface area contributed by atoms with E-state index in [4.69, 9.17) is 4.74 Å². The topological polar surface area (TPSA) is 63.7 Å². The standard InChI is InChI=1S/C14H21NO4S2/c1-4-19-13-9-12(3)14(10-11(13)2)21(17,18)15-5-7-20(16)8-6-15/h9-10H,4-8H2,1-3H3. The van der Waals surface area contributed by atoms with E-state index < -0.39 is 20.8 Å². The van der Waals surface area contributed by atoms with Crippen molar-refractivity contribution in [3.05, 3.63) is 23.3 Å². The van der Waals surface area contributed by atoms with Crippen molar-refractivity contribution in [1.29, 1.82) is 0 Å². The molecule has 1 aliphatic heterocycles. The monoisotopic (exact) mass is 331 g/mol. The van der Waals surface area contributed by atoms with Gasteiger partial charge in [-0.15, -0.1) is 0 Å². The first-order valence-corrected chi connectivity index (χ1v) is 9.88. The van der Waals surface area contributed by atoms with Gasteiger partial charge in [0.15, 0.2) is 0 Å². The highest BCUT2D eigenvalue weighted by Crippen LogP contribution is 2.28. The van der Waals surface area contributed by atoms with Crippen molar-refractivity contribution < 1.29 is 17.4 Å². The second kappa shape index (κ2) is 6.46. The molecule has 0 spiro atoms.